The van der Waals surface area contributed by atoms with Gasteiger partial charge in [-0.2, -0.15) is 0 Å². The van der Waals surface area contributed by atoms with E-state index in [4.69, 9.17) is 4.74 Å². The van der Waals surface area contributed by atoms with E-state index < -0.39 is 6.10 Å². The molecule has 120 valence electrons. The van der Waals surface area contributed by atoms with Gasteiger partial charge in [0.25, 0.3) is 0 Å². The molecule has 0 bridgehead atoms. The lowest BCUT2D eigenvalue weighted by Gasteiger charge is -2.12. The van der Waals surface area contributed by atoms with Gasteiger partial charge in [0, 0.05) is 6.20 Å². The smallest absolute Gasteiger partial charge is 0.130 e. The fourth-order valence-corrected chi connectivity index (χ4v) is 2.21. The first-order chi connectivity index (χ1) is 10.3. The van der Waals surface area contributed by atoms with E-state index in [1.807, 2.05) is 42.5 Å². The number of pyridine rings is 1. The van der Waals surface area contributed by atoms with Gasteiger partial charge in [-0.3, -0.25) is 4.98 Å². The molecule has 1 heterocycles. The maximum Gasteiger partial charge on any atom is 0.130 e. The van der Waals surface area contributed by atoms with Gasteiger partial charge in [-0.1, -0.05) is 44.4 Å². The van der Waals surface area contributed by atoms with Gasteiger partial charge in [0.15, 0.2) is 0 Å². The summed E-state index contributed by atoms with van der Waals surface area (Å²) in [5.74, 6) is 0.771. The average molecular weight is 322 g/mol. The highest BCUT2D eigenvalue weighted by atomic mass is 35.5. The van der Waals surface area contributed by atoms with Gasteiger partial charge in [0.05, 0.1) is 11.8 Å². The van der Waals surface area contributed by atoms with Crippen LogP contribution in [-0.2, 0) is 6.61 Å². The number of halogens is 1. The molecule has 0 radical (unpaired) electrons. The van der Waals surface area contributed by atoms with Crippen molar-refractivity contribution in [3.63, 3.8) is 0 Å². The van der Waals surface area contributed by atoms with Crippen molar-refractivity contribution < 1.29 is 9.84 Å². The Hall–Kier alpha value is -1.58. The number of nitrogens with zero attached hydrogens (tertiary/aromatic N) is 1. The Morgan fingerprint density at radius 1 is 1.14 bits per heavy atom. The molecule has 0 aliphatic carbocycles. The van der Waals surface area contributed by atoms with Crippen LogP contribution in [0.1, 0.15) is 50.0 Å². The molecule has 1 N–H and O–H groups in total. The van der Waals surface area contributed by atoms with Crippen molar-refractivity contribution in [1.29, 1.82) is 0 Å². The lowest BCUT2D eigenvalue weighted by Crippen LogP contribution is -2.00. The molecule has 2 rings (SSSR count). The van der Waals surface area contributed by atoms with Crippen LogP contribution in [0, 0.1) is 0 Å². The molecular weight excluding hydrogens is 298 g/mol. The predicted octanol–water partition coefficient (Wildman–Crippen LogP) is 4.70. The zero-order valence-corrected chi connectivity index (χ0v) is 13.8. The van der Waals surface area contributed by atoms with Crippen LogP contribution in [0.3, 0.4) is 0 Å². The summed E-state index contributed by atoms with van der Waals surface area (Å²) in [6, 6.07) is 13.5. The molecule has 4 heteroatoms. The number of benzene rings is 1. The van der Waals surface area contributed by atoms with Crippen molar-refractivity contribution in [3.05, 3.63) is 59.9 Å². The normalized spacial score (nSPS) is 11.5. The Morgan fingerprint density at radius 3 is 2.73 bits per heavy atom. The molecule has 1 aromatic carbocycles. The van der Waals surface area contributed by atoms with Crippen LogP contribution in [0.5, 0.6) is 5.75 Å². The van der Waals surface area contributed by atoms with E-state index in [0.29, 0.717) is 6.61 Å². The van der Waals surface area contributed by atoms with Crippen LogP contribution < -0.4 is 4.74 Å². The van der Waals surface area contributed by atoms with Crippen molar-refractivity contribution in [2.24, 2.45) is 0 Å². The van der Waals surface area contributed by atoms with Crippen LogP contribution in [0.2, 0.25) is 0 Å². The largest absolute Gasteiger partial charge is 0.487 e. The lowest BCUT2D eigenvalue weighted by molar-refractivity contribution is 0.163. The van der Waals surface area contributed by atoms with Gasteiger partial charge >= 0.3 is 0 Å². The van der Waals surface area contributed by atoms with E-state index in [1.165, 1.54) is 6.42 Å². The number of aromatic nitrogens is 1. The molecule has 0 saturated carbocycles. The molecule has 1 aromatic heterocycles. The van der Waals surface area contributed by atoms with Crippen LogP contribution in [-0.4, -0.2) is 10.1 Å². The highest BCUT2D eigenvalue weighted by Gasteiger charge is 2.08. The van der Waals surface area contributed by atoms with Crippen LogP contribution >= 0.6 is 12.4 Å². The number of unbranched alkanes of at least 4 members (excludes halogenated alkanes) is 2. The molecule has 1 unspecified atom stereocenters. The Balaban J connectivity index is 0.00000242. The molecule has 22 heavy (non-hydrogen) atoms. The third-order valence-electron chi connectivity index (χ3n) is 3.44. The maximum absolute atomic E-state index is 10.2. The van der Waals surface area contributed by atoms with Crippen molar-refractivity contribution >= 4 is 12.4 Å². The predicted molar refractivity (Wildman–Crippen MR) is 91.4 cm³/mol. The SMILES string of the molecule is CCCCCC(O)c1cccc(OCc2ccccn2)c1.Cl. The molecule has 2 aromatic rings. The Bertz CT molecular complexity index is 534. The van der Waals surface area contributed by atoms with Gasteiger partial charge in [0.2, 0.25) is 0 Å². The molecule has 0 spiro atoms. The Labute approximate surface area is 138 Å². The second-order valence-corrected chi connectivity index (χ2v) is 5.19. The fraction of sp³-hybridized carbons (Fsp3) is 0.389. The molecule has 3 nitrogen and oxygen atoms in total. The first-order valence-electron chi connectivity index (χ1n) is 7.60. The van der Waals surface area contributed by atoms with Crippen molar-refractivity contribution in [3.8, 4) is 5.75 Å². The summed E-state index contributed by atoms with van der Waals surface area (Å²) in [7, 11) is 0. The number of ether oxygens (including phenoxy) is 1. The second-order valence-electron chi connectivity index (χ2n) is 5.19. The lowest BCUT2D eigenvalue weighted by atomic mass is 10.0. The molecule has 0 aliphatic heterocycles. The second kappa shape index (κ2) is 10.2. The highest BCUT2D eigenvalue weighted by molar-refractivity contribution is 5.85. The average Bonchev–Trinajstić information content (AvgIpc) is 2.54. The highest BCUT2D eigenvalue weighted by Crippen LogP contribution is 2.23. The topological polar surface area (TPSA) is 42.4 Å². The monoisotopic (exact) mass is 321 g/mol. The zero-order chi connectivity index (χ0) is 14.9. The number of aliphatic hydroxyl groups excluding tert-OH is 1. The van der Waals surface area contributed by atoms with Crippen LogP contribution in [0.15, 0.2) is 48.7 Å². The summed E-state index contributed by atoms with van der Waals surface area (Å²) in [6.07, 6.45) is 5.53. The summed E-state index contributed by atoms with van der Waals surface area (Å²) in [5.41, 5.74) is 1.82. The van der Waals surface area contributed by atoms with E-state index in [2.05, 4.69) is 11.9 Å². The standard InChI is InChI=1S/C18H23NO2.ClH/c1-2-3-4-11-18(20)15-8-7-10-17(13-15)21-14-16-9-5-6-12-19-16;/h5-10,12-13,18,20H,2-4,11,14H2,1H3;1H. The summed E-state index contributed by atoms with van der Waals surface area (Å²) >= 11 is 0. The van der Waals surface area contributed by atoms with Gasteiger partial charge in [-0.05, 0) is 36.2 Å². The molecule has 0 aliphatic rings. The van der Waals surface area contributed by atoms with E-state index in [0.717, 1.165) is 36.3 Å². The molecule has 1 atom stereocenters. The minimum Gasteiger partial charge on any atom is -0.487 e. The number of aliphatic hydroxyl groups is 1. The number of hydrogen-bond donors (Lipinski definition) is 1. The summed E-state index contributed by atoms with van der Waals surface area (Å²) in [5, 5.41) is 10.2. The first-order valence-corrected chi connectivity index (χ1v) is 7.60. The third kappa shape index (κ3) is 6.04. The third-order valence-corrected chi connectivity index (χ3v) is 3.44. The Morgan fingerprint density at radius 2 is 2.00 bits per heavy atom. The van der Waals surface area contributed by atoms with Gasteiger partial charge < -0.3 is 9.84 Å². The van der Waals surface area contributed by atoms with E-state index in [1.54, 1.807) is 6.20 Å². The quantitative estimate of drug-likeness (QED) is 0.717. The van der Waals surface area contributed by atoms with Gasteiger partial charge in [-0.15, -0.1) is 12.4 Å². The Kier molecular flexibility index (Phi) is 8.56. The van der Waals surface area contributed by atoms with E-state index in [-0.39, 0.29) is 12.4 Å². The summed E-state index contributed by atoms with van der Waals surface area (Å²) in [6.45, 7) is 2.61. The molecule has 0 saturated heterocycles. The number of rotatable bonds is 8. The minimum atomic E-state index is -0.407. The number of hydrogen-bond acceptors (Lipinski definition) is 3. The van der Waals surface area contributed by atoms with Gasteiger partial charge in [0.1, 0.15) is 12.4 Å². The van der Waals surface area contributed by atoms with E-state index in [9.17, 15) is 5.11 Å². The van der Waals surface area contributed by atoms with E-state index >= 15 is 0 Å². The van der Waals surface area contributed by atoms with Crippen molar-refractivity contribution in [1.82, 2.24) is 4.98 Å². The zero-order valence-electron chi connectivity index (χ0n) is 12.9. The molecule has 0 amide bonds. The van der Waals surface area contributed by atoms with Crippen LogP contribution in [0.25, 0.3) is 0 Å². The maximum atomic E-state index is 10.2. The van der Waals surface area contributed by atoms with Crippen molar-refractivity contribution in [2.75, 3.05) is 0 Å². The summed E-state index contributed by atoms with van der Waals surface area (Å²) < 4.78 is 5.73. The van der Waals surface area contributed by atoms with Gasteiger partial charge in [-0.25, -0.2) is 0 Å². The fourth-order valence-electron chi connectivity index (χ4n) is 2.21. The van der Waals surface area contributed by atoms with Crippen LogP contribution in [0.4, 0.5) is 0 Å². The molecule has 0 fully saturated rings. The van der Waals surface area contributed by atoms with Crippen molar-refractivity contribution in [2.45, 2.75) is 45.3 Å². The first kappa shape index (κ1) is 18.5. The summed E-state index contributed by atoms with van der Waals surface area (Å²) in [4.78, 5) is 4.23. The minimum absolute atomic E-state index is 0. The molecular formula is C18H24ClNO2.